The topological polar surface area (TPSA) is 47.6 Å². The number of amides is 1. The van der Waals surface area contributed by atoms with Crippen molar-refractivity contribution in [2.24, 2.45) is 0 Å². The van der Waals surface area contributed by atoms with Gasteiger partial charge in [0.15, 0.2) is 0 Å². The molecule has 0 fully saturated rings. The Bertz CT molecular complexity index is 701. The van der Waals surface area contributed by atoms with Crippen molar-refractivity contribution >= 4 is 11.8 Å². The van der Waals surface area contributed by atoms with E-state index in [0.29, 0.717) is 11.4 Å². The van der Waals surface area contributed by atoms with Crippen molar-refractivity contribution < 1.29 is 18.7 Å². The Morgan fingerprint density at radius 1 is 1.26 bits per heavy atom. The van der Waals surface area contributed by atoms with Crippen molar-refractivity contribution in [1.29, 1.82) is 0 Å². The first-order valence-electron chi connectivity index (χ1n) is 7.39. The SMILES string of the molecule is CCc1cc(C)ccc1OCc1c(F)cccc1NC(=O)OC. The average molecular weight is 317 g/mol. The quantitative estimate of drug-likeness (QED) is 0.886. The third kappa shape index (κ3) is 4.22. The summed E-state index contributed by atoms with van der Waals surface area (Å²) >= 11 is 0. The second-order valence-electron chi connectivity index (χ2n) is 5.14. The molecule has 2 rings (SSSR count). The number of benzene rings is 2. The molecule has 1 amide bonds. The Hall–Kier alpha value is -2.56. The highest BCUT2D eigenvalue weighted by Crippen LogP contribution is 2.25. The molecular formula is C18H20FNO3. The van der Waals surface area contributed by atoms with Crippen molar-refractivity contribution in [3.8, 4) is 5.75 Å². The van der Waals surface area contributed by atoms with Gasteiger partial charge in [0.25, 0.3) is 0 Å². The van der Waals surface area contributed by atoms with Gasteiger partial charge in [-0.15, -0.1) is 0 Å². The molecule has 122 valence electrons. The lowest BCUT2D eigenvalue weighted by Gasteiger charge is -2.14. The standard InChI is InChI=1S/C18H20FNO3/c1-4-13-10-12(2)8-9-17(13)23-11-14-15(19)6-5-7-16(14)20-18(21)22-3/h5-10H,4,11H2,1-3H3,(H,20,21). The number of halogens is 1. The number of carbonyl (C=O) groups excluding carboxylic acids is 1. The largest absolute Gasteiger partial charge is 0.488 e. The lowest BCUT2D eigenvalue weighted by molar-refractivity contribution is 0.187. The normalized spacial score (nSPS) is 10.3. The molecule has 0 aliphatic heterocycles. The molecule has 0 saturated heterocycles. The monoisotopic (exact) mass is 317 g/mol. The summed E-state index contributed by atoms with van der Waals surface area (Å²) in [7, 11) is 1.25. The Labute approximate surface area is 135 Å². The zero-order valence-corrected chi connectivity index (χ0v) is 13.5. The molecule has 2 aromatic rings. The second kappa shape index (κ2) is 7.63. The molecule has 23 heavy (non-hydrogen) atoms. The van der Waals surface area contributed by atoms with Crippen molar-refractivity contribution in [3.63, 3.8) is 0 Å². The Balaban J connectivity index is 2.22. The van der Waals surface area contributed by atoms with Crippen LogP contribution in [0.25, 0.3) is 0 Å². The highest BCUT2D eigenvalue weighted by molar-refractivity contribution is 5.85. The summed E-state index contributed by atoms with van der Waals surface area (Å²) < 4.78 is 24.4. The van der Waals surface area contributed by atoms with Crippen LogP contribution in [0.5, 0.6) is 5.75 Å². The van der Waals surface area contributed by atoms with Crippen molar-refractivity contribution in [2.45, 2.75) is 26.9 Å². The predicted molar refractivity (Wildman–Crippen MR) is 87.3 cm³/mol. The van der Waals surface area contributed by atoms with Crippen LogP contribution in [0.3, 0.4) is 0 Å². The fourth-order valence-corrected chi connectivity index (χ4v) is 2.26. The van der Waals surface area contributed by atoms with Gasteiger partial charge in [-0.3, -0.25) is 5.32 Å². The van der Waals surface area contributed by atoms with E-state index >= 15 is 0 Å². The molecule has 0 radical (unpaired) electrons. The van der Waals surface area contributed by atoms with E-state index in [1.54, 1.807) is 6.07 Å². The first kappa shape index (κ1) is 16.8. The first-order valence-corrected chi connectivity index (χ1v) is 7.39. The summed E-state index contributed by atoms with van der Waals surface area (Å²) in [5.41, 5.74) is 2.82. The van der Waals surface area contributed by atoms with E-state index in [-0.39, 0.29) is 12.2 Å². The Morgan fingerprint density at radius 3 is 2.74 bits per heavy atom. The number of hydrogen-bond acceptors (Lipinski definition) is 3. The minimum atomic E-state index is -0.651. The average Bonchev–Trinajstić information content (AvgIpc) is 2.55. The van der Waals surface area contributed by atoms with E-state index in [4.69, 9.17) is 4.74 Å². The molecule has 0 bridgehead atoms. The molecule has 5 heteroatoms. The molecule has 2 aromatic carbocycles. The van der Waals surface area contributed by atoms with Crippen LogP contribution >= 0.6 is 0 Å². The molecule has 0 atom stereocenters. The van der Waals surface area contributed by atoms with Gasteiger partial charge in [-0.1, -0.05) is 30.7 Å². The molecule has 0 spiro atoms. The number of rotatable bonds is 5. The fraction of sp³-hybridized carbons (Fsp3) is 0.278. The fourth-order valence-electron chi connectivity index (χ4n) is 2.26. The maximum atomic E-state index is 14.1. The first-order chi connectivity index (χ1) is 11.0. The Morgan fingerprint density at radius 2 is 2.04 bits per heavy atom. The van der Waals surface area contributed by atoms with Gasteiger partial charge < -0.3 is 9.47 Å². The van der Waals surface area contributed by atoms with E-state index < -0.39 is 11.9 Å². The van der Waals surface area contributed by atoms with Crippen LogP contribution in [0.1, 0.15) is 23.6 Å². The lowest BCUT2D eigenvalue weighted by atomic mass is 10.1. The van der Waals surface area contributed by atoms with Gasteiger partial charge >= 0.3 is 6.09 Å². The van der Waals surface area contributed by atoms with Crippen LogP contribution in [0, 0.1) is 12.7 Å². The van der Waals surface area contributed by atoms with Crippen LogP contribution < -0.4 is 10.1 Å². The molecule has 0 aliphatic carbocycles. The number of nitrogens with one attached hydrogen (secondary N) is 1. The molecule has 1 N–H and O–H groups in total. The van der Waals surface area contributed by atoms with Crippen LogP contribution in [0.15, 0.2) is 36.4 Å². The summed E-state index contributed by atoms with van der Waals surface area (Å²) in [6.45, 7) is 4.06. The van der Waals surface area contributed by atoms with Crippen molar-refractivity contribution in [3.05, 3.63) is 58.9 Å². The maximum Gasteiger partial charge on any atom is 0.411 e. The van der Waals surface area contributed by atoms with Gasteiger partial charge in [0.1, 0.15) is 18.2 Å². The minimum absolute atomic E-state index is 0.0159. The lowest BCUT2D eigenvalue weighted by Crippen LogP contribution is -2.14. The van der Waals surface area contributed by atoms with Gasteiger partial charge in [0.05, 0.1) is 12.8 Å². The van der Waals surface area contributed by atoms with E-state index in [2.05, 4.69) is 10.1 Å². The molecule has 0 aliphatic rings. The highest BCUT2D eigenvalue weighted by atomic mass is 19.1. The summed E-state index contributed by atoms with van der Waals surface area (Å²) in [4.78, 5) is 11.4. The highest BCUT2D eigenvalue weighted by Gasteiger charge is 2.13. The van der Waals surface area contributed by atoms with Gasteiger partial charge in [-0.05, 0) is 37.1 Å². The summed E-state index contributed by atoms with van der Waals surface area (Å²) in [6.07, 6.45) is 0.170. The van der Waals surface area contributed by atoms with Crippen LogP contribution in [-0.4, -0.2) is 13.2 Å². The van der Waals surface area contributed by atoms with Crippen LogP contribution in [-0.2, 0) is 17.8 Å². The third-order valence-electron chi connectivity index (χ3n) is 3.51. The van der Waals surface area contributed by atoms with Gasteiger partial charge in [0.2, 0.25) is 0 Å². The zero-order chi connectivity index (χ0) is 16.8. The summed E-state index contributed by atoms with van der Waals surface area (Å²) in [6, 6.07) is 10.3. The summed E-state index contributed by atoms with van der Waals surface area (Å²) in [5.74, 6) is 0.273. The number of aryl methyl sites for hydroxylation is 2. The maximum absolute atomic E-state index is 14.1. The Kier molecular flexibility index (Phi) is 5.57. The third-order valence-corrected chi connectivity index (χ3v) is 3.51. The van der Waals surface area contributed by atoms with Crippen molar-refractivity contribution in [1.82, 2.24) is 0 Å². The van der Waals surface area contributed by atoms with E-state index in [0.717, 1.165) is 17.5 Å². The molecule has 0 saturated carbocycles. The van der Waals surface area contributed by atoms with E-state index in [1.807, 2.05) is 32.0 Å². The number of carbonyl (C=O) groups is 1. The molecular weight excluding hydrogens is 297 g/mol. The molecule has 0 heterocycles. The zero-order valence-electron chi connectivity index (χ0n) is 13.5. The van der Waals surface area contributed by atoms with E-state index in [9.17, 15) is 9.18 Å². The number of hydrogen-bond donors (Lipinski definition) is 1. The van der Waals surface area contributed by atoms with Crippen LogP contribution in [0.4, 0.5) is 14.9 Å². The van der Waals surface area contributed by atoms with Crippen LogP contribution in [0.2, 0.25) is 0 Å². The minimum Gasteiger partial charge on any atom is -0.488 e. The second-order valence-corrected chi connectivity index (χ2v) is 5.14. The van der Waals surface area contributed by atoms with Gasteiger partial charge in [-0.2, -0.15) is 0 Å². The van der Waals surface area contributed by atoms with Crippen molar-refractivity contribution in [2.75, 3.05) is 12.4 Å². The van der Waals surface area contributed by atoms with Gasteiger partial charge in [0, 0.05) is 5.56 Å². The summed E-state index contributed by atoms with van der Waals surface area (Å²) in [5, 5.41) is 2.49. The molecule has 4 nitrogen and oxygen atoms in total. The molecule has 0 aromatic heterocycles. The number of ether oxygens (including phenoxy) is 2. The molecule has 0 unspecified atom stereocenters. The smallest absolute Gasteiger partial charge is 0.411 e. The predicted octanol–water partition coefficient (Wildman–Crippen LogP) is 4.45. The number of methoxy groups -OCH3 is 1. The van der Waals surface area contributed by atoms with E-state index in [1.165, 1.54) is 19.2 Å². The number of anilines is 1. The van der Waals surface area contributed by atoms with Gasteiger partial charge in [-0.25, -0.2) is 9.18 Å².